The molecule has 1 aliphatic heterocycles. The summed E-state index contributed by atoms with van der Waals surface area (Å²) >= 11 is 0. The number of carbonyl (C=O) groups is 1. The molecule has 1 aliphatic rings. The Morgan fingerprint density at radius 1 is 1.00 bits per heavy atom. The van der Waals surface area contributed by atoms with E-state index in [1.807, 2.05) is 0 Å². The largest absolute Gasteiger partial charge is 0.384 e. The van der Waals surface area contributed by atoms with Gasteiger partial charge in [-0.15, -0.1) is 0 Å². The zero-order chi connectivity index (χ0) is 20.9. The van der Waals surface area contributed by atoms with Crippen LogP contribution < -0.4 is 4.90 Å². The summed E-state index contributed by atoms with van der Waals surface area (Å²) in [6, 6.07) is 12.4. The molecule has 1 saturated heterocycles. The first-order chi connectivity index (χ1) is 13.9. The predicted octanol–water partition coefficient (Wildman–Crippen LogP) is 2.60. The molecule has 29 heavy (non-hydrogen) atoms. The molecular weight excluding hydrogens is 395 g/mol. The van der Waals surface area contributed by atoms with Gasteiger partial charge in [0.05, 0.1) is 17.3 Å². The second-order valence-electron chi connectivity index (χ2n) is 6.95. The lowest BCUT2D eigenvalue weighted by Gasteiger charge is -2.23. The van der Waals surface area contributed by atoms with Gasteiger partial charge in [0.2, 0.25) is 0 Å². The van der Waals surface area contributed by atoms with E-state index < -0.39 is 9.84 Å². The Bertz CT molecular complexity index is 930. The minimum absolute atomic E-state index is 0.0951. The van der Waals surface area contributed by atoms with Crippen LogP contribution in [0.4, 0.5) is 10.1 Å². The SMILES string of the molecule is COCCS(=O)(=O)c1ccc(C(=O)N2CCCN(c3ccc(F)cc3)CC2)cc1. The normalized spacial score (nSPS) is 15.2. The summed E-state index contributed by atoms with van der Waals surface area (Å²) in [4.78, 5) is 17.0. The van der Waals surface area contributed by atoms with Crippen molar-refractivity contribution < 1.29 is 22.3 Å². The molecule has 2 aromatic carbocycles. The number of amides is 1. The van der Waals surface area contributed by atoms with Gasteiger partial charge in [-0.3, -0.25) is 4.79 Å². The molecule has 156 valence electrons. The maximum Gasteiger partial charge on any atom is 0.253 e. The lowest BCUT2D eigenvalue weighted by Crippen LogP contribution is -2.35. The fourth-order valence-electron chi connectivity index (χ4n) is 3.33. The lowest BCUT2D eigenvalue weighted by atomic mass is 10.2. The number of carbonyl (C=O) groups excluding carboxylic acids is 1. The van der Waals surface area contributed by atoms with Crippen molar-refractivity contribution in [1.82, 2.24) is 4.90 Å². The molecule has 1 amide bonds. The van der Waals surface area contributed by atoms with Gasteiger partial charge in [-0.25, -0.2) is 12.8 Å². The minimum atomic E-state index is -3.42. The number of ether oxygens (including phenoxy) is 1. The van der Waals surface area contributed by atoms with Crippen molar-refractivity contribution in [3.8, 4) is 0 Å². The molecule has 0 aliphatic carbocycles. The Labute approximate surface area is 170 Å². The number of rotatable bonds is 6. The topological polar surface area (TPSA) is 66.9 Å². The van der Waals surface area contributed by atoms with E-state index in [-0.39, 0.29) is 29.0 Å². The van der Waals surface area contributed by atoms with Crippen LogP contribution in [-0.4, -0.2) is 64.9 Å². The van der Waals surface area contributed by atoms with Crippen LogP contribution >= 0.6 is 0 Å². The van der Waals surface area contributed by atoms with Crippen molar-refractivity contribution in [3.05, 3.63) is 59.9 Å². The van der Waals surface area contributed by atoms with Gasteiger partial charge >= 0.3 is 0 Å². The number of hydrogen-bond donors (Lipinski definition) is 0. The third kappa shape index (κ3) is 5.33. The molecule has 3 rings (SSSR count). The summed E-state index contributed by atoms with van der Waals surface area (Å²) in [5, 5.41) is 0. The van der Waals surface area contributed by atoms with Crippen LogP contribution in [0.5, 0.6) is 0 Å². The van der Waals surface area contributed by atoms with E-state index in [0.717, 1.165) is 18.7 Å². The van der Waals surface area contributed by atoms with Crippen molar-refractivity contribution in [1.29, 1.82) is 0 Å². The lowest BCUT2D eigenvalue weighted by molar-refractivity contribution is 0.0767. The molecule has 1 fully saturated rings. The predicted molar refractivity (Wildman–Crippen MR) is 110 cm³/mol. The van der Waals surface area contributed by atoms with Gasteiger partial charge in [-0.2, -0.15) is 0 Å². The van der Waals surface area contributed by atoms with E-state index in [0.29, 0.717) is 25.2 Å². The molecule has 0 N–H and O–H groups in total. The number of hydrogen-bond acceptors (Lipinski definition) is 5. The maximum absolute atomic E-state index is 13.1. The molecule has 0 atom stereocenters. The van der Waals surface area contributed by atoms with Crippen LogP contribution in [0.25, 0.3) is 0 Å². The number of anilines is 1. The van der Waals surface area contributed by atoms with Crippen molar-refractivity contribution in [2.75, 3.05) is 50.5 Å². The Balaban J connectivity index is 1.65. The quantitative estimate of drug-likeness (QED) is 0.719. The molecule has 8 heteroatoms. The number of halogens is 1. The van der Waals surface area contributed by atoms with Crippen molar-refractivity contribution in [3.63, 3.8) is 0 Å². The molecule has 0 spiro atoms. The van der Waals surface area contributed by atoms with Crippen LogP contribution in [0.15, 0.2) is 53.4 Å². The van der Waals surface area contributed by atoms with Crippen LogP contribution in [0.3, 0.4) is 0 Å². The highest BCUT2D eigenvalue weighted by molar-refractivity contribution is 7.91. The van der Waals surface area contributed by atoms with Crippen molar-refractivity contribution >= 4 is 21.4 Å². The fourth-order valence-corrected chi connectivity index (χ4v) is 4.50. The summed E-state index contributed by atoms with van der Waals surface area (Å²) in [6.45, 7) is 2.73. The summed E-state index contributed by atoms with van der Waals surface area (Å²) in [7, 11) is -1.97. The maximum atomic E-state index is 13.1. The summed E-state index contributed by atoms with van der Waals surface area (Å²) < 4.78 is 42.4. The first kappa shape index (κ1) is 21.3. The summed E-state index contributed by atoms with van der Waals surface area (Å²) in [5.41, 5.74) is 1.40. The van der Waals surface area contributed by atoms with Crippen LogP contribution in [0, 0.1) is 5.82 Å². The van der Waals surface area contributed by atoms with Crippen LogP contribution in [-0.2, 0) is 14.6 Å². The average Bonchev–Trinajstić information content (AvgIpc) is 2.99. The smallest absolute Gasteiger partial charge is 0.253 e. The molecule has 0 radical (unpaired) electrons. The van der Waals surface area contributed by atoms with E-state index in [4.69, 9.17) is 4.74 Å². The fraction of sp³-hybridized carbons (Fsp3) is 0.381. The first-order valence-corrected chi connectivity index (χ1v) is 11.2. The van der Waals surface area contributed by atoms with Gasteiger partial charge in [-0.05, 0) is 55.0 Å². The van der Waals surface area contributed by atoms with Gasteiger partial charge in [0.15, 0.2) is 9.84 Å². The molecule has 1 heterocycles. The first-order valence-electron chi connectivity index (χ1n) is 9.52. The molecule has 0 unspecified atom stereocenters. The number of sulfone groups is 1. The third-order valence-electron chi connectivity index (χ3n) is 4.99. The Hall–Kier alpha value is -2.45. The van der Waals surface area contributed by atoms with E-state index >= 15 is 0 Å². The third-order valence-corrected chi connectivity index (χ3v) is 6.69. The molecule has 2 aromatic rings. The van der Waals surface area contributed by atoms with Gasteiger partial charge in [0.1, 0.15) is 5.82 Å². The molecular formula is C21H25FN2O4S. The van der Waals surface area contributed by atoms with Crippen LogP contribution in [0.1, 0.15) is 16.8 Å². The minimum Gasteiger partial charge on any atom is -0.384 e. The monoisotopic (exact) mass is 420 g/mol. The van der Waals surface area contributed by atoms with E-state index in [1.165, 1.54) is 31.4 Å². The molecule has 0 bridgehead atoms. The molecule has 0 aromatic heterocycles. The van der Waals surface area contributed by atoms with Gasteiger partial charge in [0.25, 0.3) is 5.91 Å². The van der Waals surface area contributed by atoms with Crippen LogP contribution in [0.2, 0.25) is 0 Å². The van der Waals surface area contributed by atoms with Crippen molar-refractivity contribution in [2.24, 2.45) is 0 Å². The van der Waals surface area contributed by atoms with E-state index in [1.54, 1.807) is 29.2 Å². The molecule has 6 nitrogen and oxygen atoms in total. The second kappa shape index (κ2) is 9.37. The number of nitrogens with zero attached hydrogens (tertiary/aromatic N) is 2. The number of benzene rings is 2. The second-order valence-corrected chi connectivity index (χ2v) is 9.05. The average molecular weight is 421 g/mol. The van der Waals surface area contributed by atoms with E-state index in [2.05, 4.69) is 4.90 Å². The van der Waals surface area contributed by atoms with E-state index in [9.17, 15) is 17.6 Å². The molecule has 0 saturated carbocycles. The highest BCUT2D eigenvalue weighted by atomic mass is 32.2. The number of methoxy groups -OCH3 is 1. The van der Waals surface area contributed by atoms with Gasteiger partial charge < -0.3 is 14.5 Å². The van der Waals surface area contributed by atoms with Crippen molar-refractivity contribution in [2.45, 2.75) is 11.3 Å². The zero-order valence-electron chi connectivity index (χ0n) is 16.4. The Kier molecular flexibility index (Phi) is 6.87. The standard InChI is InChI=1S/C21H25FN2O4S/c1-28-15-16-29(26,27)20-9-3-17(4-10-20)21(25)24-12-2-11-23(13-14-24)19-7-5-18(22)6-8-19/h3-10H,2,11-16H2,1H3. The highest BCUT2D eigenvalue weighted by Crippen LogP contribution is 2.19. The summed E-state index contributed by atoms with van der Waals surface area (Å²) in [6.07, 6.45) is 0.798. The van der Waals surface area contributed by atoms with Gasteiger partial charge in [-0.1, -0.05) is 0 Å². The van der Waals surface area contributed by atoms with Gasteiger partial charge in [0, 0.05) is 44.5 Å². The Morgan fingerprint density at radius 3 is 2.34 bits per heavy atom. The summed E-state index contributed by atoms with van der Waals surface area (Å²) in [5.74, 6) is -0.484. The zero-order valence-corrected chi connectivity index (χ0v) is 17.2. The Morgan fingerprint density at radius 2 is 1.69 bits per heavy atom. The highest BCUT2D eigenvalue weighted by Gasteiger charge is 2.21.